The first-order chi connectivity index (χ1) is 12.2. The molecule has 2 aliphatic rings. The van der Waals surface area contributed by atoms with E-state index >= 15 is 0 Å². The molecule has 3 rings (SSSR count). The highest BCUT2D eigenvalue weighted by atomic mass is 35.5. The number of amides is 2. The van der Waals surface area contributed by atoms with E-state index in [1.54, 1.807) is 0 Å². The molecule has 0 aliphatic heterocycles. The van der Waals surface area contributed by atoms with Gasteiger partial charge in [-0.25, -0.2) is 0 Å². The van der Waals surface area contributed by atoms with Crippen molar-refractivity contribution in [1.29, 1.82) is 0 Å². The van der Waals surface area contributed by atoms with Gasteiger partial charge in [-0.3, -0.25) is 9.59 Å². The predicted molar refractivity (Wildman–Crippen MR) is 105 cm³/mol. The van der Waals surface area contributed by atoms with Gasteiger partial charge in [0.1, 0.15) is 0 Å². The van der Waals surface area contributed by atoms with Crippen LogP contribution in [0.3, 0.4) is 0 Å². The molecule has 0 radical (unpaired) electrons. The van der Waals surface area contributed by atoms with Gasteiger partial charge < -0.3 is 16.4 Å². The number of nitrogens with two attached hydrogens (primary N) is 1. The Morgan fingerprint density at radius 1 is 1.00 bits per heavy atom. The number of carbonyl (C=O) groups is 2. The maximum Gasteiger partial charge on any atom is 0.251 e. The molecule has 2 atom stereocenters. The van der Waals surface area contributed by atoms with E-state index in [0.717, 1.165) is 50.5 Å². The lowest BCUT2D eigenvalue weighted by Crippen LogP contribution is -2.39. The fraction of sp³-hybridized carbons (Fsp3) is 0.600. The highest BCUT2D eigenvalue weighted by Gasteiger charge is 2.27. The first-order valence-electron chi connectivity index (χ1n) is 9.55. The molecule has 144 valence electrons. The second-order valence-electron chi connectivity index (χ2n) is 7.40. The maximum atomic E-state index is 12.4. The minimum atomic E-state index is -0.0353. The van der Waals surface area contributed by atoms with Gasteiger partial charge in [-0.1, -0.05) is 31.4 Å². The molecule has 0 spiro atoms. The fourth-order valence-corrected chi connectivity index (χ4v) is 4.06. The van der Waals surface area contributed by atoms with Gasteiger partial charge in [0.05, 0.1) is 0 Å². The lowest BCUT2D eigenvalue weighted by Gasteiger charge is -2.19. The van der Waals surface area contributed by atoms with E-state index in [9.17, 15) is 9.59 Å². The summed E-state index contributed by atoms with van der Waals surface area (Å²) in [5.74, 6) is 0.709. The van der Waals surface area contributed by atoms with Crippen LogP contribution in [0.25, 0.3) is 0 Å². The Hall–Kier alpha value is -1.59. The van der Waals surface area contributed by atoms with E-state index in [1.165, 1.54) is 0 Å². The van der Waals surface area contributed by atoms with Crippen molar-refractivity contribution in [2.24, 2.45) is 17.6 Å². The molecule has 0 bridgehead atoms. The fourth-order valence-electron chi connectivity index (χ4n) is 4.06. The largest absolute Gasteiger partial charge is 0.352 e. The van der Waals surface area contributed by atoms with Crippen molar-refractivity contribution in [2.75, 3.05) is 6.54 Å². The van der Waals surface area contributed by atoms with Gasteiger partial charge >= 0.3 is 0 Å². The molecule has 26 heavy (non-hydrogen) atoms. The minimum Gasteiger partial charge on any atom is -0.352 e. The quantitative estimate of drug-likeness (QED) is 0.710. The summed E-state index contributed by atoms with van der Waals surface area (Å²) in [6.45, 7) is 1.15. The second-order valence-corrected chi connectivity index (χ2v) is 7.40. The van der Waals surface area contributed by atoms with Crippen LogP contribution < -0.4 is 16.4 Å². The van der Waals surface area contributed by atoms with Crippen LogP contribution in [-0.2, 0) is 11.3 Å². The minimum absolute atomic E-state index is 0. The second kappa shape index (κ2) is 9.93. The van der Waals surface area contributed by atoms with Crippen LogP contribution in [0.1, 0.15) is 60.9 Å². The Morgan fingerprint density at radius 3 is 2.35 bits per heavy atom. The van der Waals surface area contributed by atoms with Crippen molar-refractivity contribution in [3.05, 3.63) is 35.4 Å². The number of carbonyl (C=O) groups excluding carboxylic acids is 2. The molecule has 2 aliphatic carbocycles. The Kier molecular flexibility index (Phi) is 7.91. The Balaban J connectivity index is 0.00000243. The number of rotatable bonds is 6. The van der Waals surface area contributed by atoms with E-state index in [2.05, 4.69) is 10.6 Å². The van der Waals surface area contributed by atoms with Crippen molar-refractivity contribution < 1.29 is 9.59 Å². The molecule has 6 heteroatoms. The van der Waals surface area contributed by atoms with Crippen LogP contribution in [0, 0.1) is 11.8 Å². The number of hydrogen-bond donors (Lipinski definition) is 3. The van der Waals surface area contributed by atoms with E-state index in [-0.39, 0.29) is 36.2 Å². The summed E-state index contributed by atoms with van der Waals surface area (Å²) in [7, 11) is 0. The number of halogens is 1. The first-order valence-corrected chi connectivity index (χ1v) is 9.55. The van der Waals surface area contributed by atoms with E-state index in [1.807, 2.05) is 24.3 Å². The maximum absolute atomic E-state index is 12.4. The Labute approximate surface area is 161 Å². The van der Waals surface area contributed by atoms with Crippen molar-refractivity contribution >= 4 is 24.2 Å². The van der Waals surface area contributed by atoms with E-state index in [0.29, 0.717) is 24.6 Å². The summed E-state index contributed by atoms with van der Waals surface area (Å²) in [5.41, 5.74) is 7.45. The average Bonchev–Trinajstić information content (AvgIpc) is 3.31. The van der Waals surface area contributed by atoms with E-state index < -0.39 is 0 Å². The van der Waals surface area contributed by atoms with Gasteiger partial charge in [0.2, 0.25) is 5.91 Å². The molecule has 2 fully saturated rings. The zero-order valence-electron chi connectivity index (χ0n) is 15.2. The van der Waals surface area contributed by atoms with Crippen LogP contribution in [0.2, 0.25) is 0 Å². The van der Waals surface area contributed by atoms with Crippen LogP contribution in [0.4, 0.5) is 0 Å². The molecule has 2 saturated carbocycles. The van der Waals surface area contributed by atoms with Gasteiger partial charge in [0, 0.05) is 24.1 Å². The van der Waals surface area contributed by atoms with Gasteiger partial charge in [0.25, 0.3) is 5.91 Å². The summed E-state index contributed by atoms with van der Waals surface area (Å²) < 4.78 is 0. The molecule has 5 nitrogen and oxygen atoms in total. The summed E-state index contributed by atoms with van der Waals surface area (Å²) in [6, 6.07) is 7.69. The van der Waals surface area contributed by atoms with Crippen molar-refractivity contribution in [1.82, 2.24) is 10.6 Å². The molecule has 0 heterocycles. The molecule has 0 aromatic heterocycles. The molecule has 1 aromatic carbocycles. The monoisotopic (exact) mass is 379 g/mol. The highest BCUT2D eigenvalue weighted by molar-refractivity contribution is 5.94. The van der Waals surface area contributed by atoms with Crippen LogP contribution >= 0.6 is 12.4 Å². The SMILES string of the molecule is Cl.NCC1CCCC1NC(=O)c1ccc(CNC(=O)C2CCCC2)cc1. The third-order valence-electron chi connectivity index (χ3n) is 5.69. The van der Waals surface area contributed by atoms with Gasteiger partial charge in [0.15, 0.2) is 0 Å². The molecular weight excluding hydrogens is 350 g/mol. The third kappa shape index (κ3) is 5.21. The smallest absolute Gasteiger partial charge is 0.251 e. The first kappa shape index (κ1) is 20.7. The van der Waals surface area contributed by atoms with Gasteiger partial charge in [-0.05, 0) is 55.8 Å². The molecule has 2 unspecified atom stereocenters. The average molecular weight is 380 g/mol. The highest BCUT2D eigenvalue weighted by Crippen LogP contribution is 2.25. The van der Waals surface area contributed by atoms with Crippen molar-refractivity contribution in [3.8, 4) is 0 Å². The Morgan fingerprint density at radius 2 is 1.69 bits per heavy atom. The van der Waals surface area contributed by atoms with Gasteiger partial charge in [-0.2, -0.15) is 0 Å². The molecule has 2 amide bonds. The van der Waals surface area contributed by atoms with Crippen LogP contribution in [0.15, 0.2) is 24.3 Å². The van der Waals surface area contributed by atoms with Crippen molar-refractivity contribution in [3.63, 3.8) is 0 Å². The normalized spacial score (nSPS) is 22.7. The van der Waals surface area contributed by atoms with Crippen molar-refractivity contribution in [2.45, 2.75) is 57.5 Å². The molecule has 0 saturated heterocycles. The lowest BCUT2D eigenvalue weighted by molar-refractivity contribution is -0.124. The molecule has 1 aromatic rings. The van der Waals surface area contributed by atoms with Gasteiger partial charge in [-0.15, -0.1) is 12.4 Å². The summed E-state index contributed by atoms with van der Waals surface area (Å²) in [4.78, 5) is 24.5. The van der Waals surface area contributed by atoms with Crippen LogP contribution in [0.5, 0.6) is 0 Å². The molecule has 4 N–H and O–H groups in total. The summed E-state index contributed by atoms with van der Waals surface area (Å²) >= 11 is 0. The number of nitrogens with one attached hydrogen (secondary N) is 2. The summed E-state index contributed by atoms with van der Waals surface area (Å²) in [6.07, 6.45) is 7.58. The standard InChI is InChI=1S/C20H29N3O2.ClH/c21-12-17-6-3-7-18(17)23-20(25)16-10-8-14(9-11-16)13-22-19(24)15-4-1-2-5-15;/h8-11,15,17-18H,1-7,12-13,21H2,(H,22,24)(H,23,25);1H. The topological polar surface area (TPSA) is 84.2 Å². The number of hydrogen-bond acceptors (Lipinski definition) is 3. The third-order valence-corrected chi connectivity index (χ3v) is 5.69. The predicted octanol–water partition coefficient (Wildman–Crippen LogP) is 2.77. The van der Waals surface area contributed by atoms with Crippen LogP contribution in [-0.4, -0.2) is 24.4 Å². The number of benzene rings is 1. The molecular formula is C20H30ClN3O2. The van der Waals surface area contributed by atoms with E-state index in [4.69, 9.17) is 5.73 Å². The Bertz CT molecular complexity index is 600. The zero-order valence-corrected chi connectivity index (χ0v) is 16.0. The summed E-state index contributed by atoms with van der Waals surface area (Å²) in [5, 5.41) is 6.12. The lowest BCUT2D eigenvalue weighted by atomic mass is 10.0. The zero-order chi connectivity index (χ0) is 17.6.